The van der Waals surface area contributed by atoms with Gasteiger partial charge >= 0.3 is 0 Å². The van der Waals surface area contributed by atoms with Crippen molar-refractivity contribution in [2.24, 2.45) is 0 Å². The lowest BCUT2D eigenvalue weighted by atomic mass is 9.94. The molecule has 0 saturated carbocycles. The fourth-order valence-electron chi connectivity index (χ4n) is 4.45. The summed E-state index contributed by atoms with van der Waals surface area (Å²) in [7, 11) is 1.56. The maximum absolute atomic E-state index is 13.9. The molecular weight excluding hydrogens is 525 g/mol. The van der Waals surface area contributed by atoms with Crippen molar-refractivity contribution < 1.29 is 14.3 Å². The molecule has 3 aromatic carbocycles. The van der Waals surface area contributed by atoms with Crippen LogP contribution in [0.2, 0.25) is 10.0 Å². The SMILES string of the molecule is CCOc1ccccc1C1C(C(=O)Nc2ccccc2OC)=C(C)Nc2nc(-c3ccc(Cl)cc3Cl)nn21. The fourth-order valence-corrected chi connectivity index (χ4v) is 4.94. The zero-order valence-electron chi connectivity index (χ0n) is 21.0. The number of ether oxygens (including phenoxy) is 2. The van der Waals surface area contributed by atoms with Crippen molar-refractivity contribution in [1.82, 2.24) is 14.8 Å². The minimum Gasteiger partial charge on any atom is -0.495 e. The van der Waals surface area contributed by atoms with Crippen LogP contribution in [0.25, 0.3) is 11.4 Å². The van der Waals surface area contributed by atoms with E-state index in [0.717, 1.165) is 5.56 Å². The first-order valence-electron chi connectivity index (χ1n) is 12.0. The summed E-state index contributed by atoms with van der Waals surface area (Å²) in [6.07, 6.45) is 0. The molecule has 10 heteroatoms. The van der Waals surface area contributed by atoms with Gasteiger partial charge in [-0.1, -0.05) is 53.5 Å². The fraction of sp³-hybridized carbons (Fsp3) is 0.179. The molecule has 5 rings (SSSR count). The second-order valence-corrected chi connectivity index (χ2v) is 9.36. The highest BCUT2D eigenvalue weighted by atomic mass is 35.5. The van der Waals surface area contributed by atoms with Crippen LogP contribution in [0.15, 0.2) is 78.0 Å². The van der Waals surface area contributed by atoms with Gasteiger partial charge in [-0.05, 0) is 50.2 Å². The number of aromatic nitrogens is 3. The van der Waals surface area contributed by atoms with Crippen LogP contribution >= 0.6 is 23.2 Å². The van der Waals surface area contributed by atoms with Crippen molar-refractivity contribution in [2.75, 3.05) is 24.4 Å². The van der Waals surface area contributed by atoms with E-state index in [1.54, 1.807) is 42.1 Å². The Morgan fingerprint density at radius 2 is 1.82 bits per heavy atom. The van der Waals surface area contributed by atoms with E-state index in [1.807, 2.05) is 50.2 Å². The lowest BCUT2D eigenvalue weighted by molar-refractivity contribution is -0.113. The summed E-state index contributed by atoms with van der Waals surface area (Å²) in [5, 5.41) is 12.0. The number of nitrogens with zero attached hydrogens (tertiary/aromatic N) is 3. The van der Waals surface area contributed by atoms with Crippen molar-refractivity contribution in [1.29, 1.82) is 0 Å². The second kappa shape index (κ2) is 10.8. The highest BCUT2D eigenvalue weighted by Crippen LogP contribution is 2.41. The minimum atomic E-state index is -0.643. The van der Waals surface area contributed by atoms with Gasteiger partial charge in [-0.3, -0.25) is 4.79 Å². The van der Waals surface area contributed by atoms with Gasteiger partial charge in [-0.15, -0.1) is 5.10 Å². The summed E-state index contributed by atoms with van der Waals surface area (Å²) in [5.41, 5.74) is 3.02. The Bertz CT molecular complexity index is 1550. The number of amides is 1. The average Bonchev–Trinajstić information content (AvgIpc) is 3.32. The molecule has 0 aliphatic carbocycles. The smallest absolute Gasteiger partial charge is 0.255 e. The zero-order valence-corrected chi connectivity index (χ0v) is 22.5. The van der Waals surface area contributed by atoms with Gasteiger partial charge in [-0.2, -0.15) is 4.98 Å². The standard InChI is InChI=1S/C28H25Cl2N5O3/c1-4-38-22-11-7-5-9-19(22)25-24(27(36)32-21-10-6-8-12-23(21)37-3)16(2)31-28-33-26(34-35(25)28)18-14-13-17(29)15-20(18)30/h5-15,25H,4H2,1-3H3,(H,32,36)(H,31,33,34). The number of methoxy groups -OCH3 is 1. The largest absolute Gasteiger partial charge is 0.495 e. The molecule has 2 N–H and O–H groups in total. The van der Waals surface area contributed by atoms with Crippen molar-refractivity contribution in [2.45, 2.75) is 19.9 Å². The summed E-state index contributed by atoms with van der Waals surface area (Å²) >= 11 is 12.6. The topological polar surface area (TPSA) is 90.3 Å². The number of carbonyl (C=O) groups excluding carboxylic acids is 1. The van der Waals surface area contributed by atoms with Gasteiger partial charge in [0.2, 0.25) is 5.95 Å². The van der Waals surface area contributed by atoms with Gasteiger partial charge < -0.3 is 20.1 Å². The van der Waals surface area contributed by atoms with Crippen molar-refractivity contribution >= 4 is 40.7 Å². The lowest BCUT2D eigenvalue weighted by Gasteiger charge is -2.29. The highest BCUT2D eigenvalue weighted by Gasteiger charge is 2.36. The molecule has 1 aliphatic rings. The third-order valence-electron chi connectivity index (χ3n) is 6.14. The van der Waals surface area contributed by atoms with Gasteiger partial charge in [0.1, 0.15) is 17.5 Å². The molecule has 1 aromatic heterocycles. The van der Waals surface area contributed by atoms with E-state index < -0.39 is 6.04 Å². The molecule has 2 heterocycles. The lowest BCUT2D eigenvalue weighted by Crippen LogP contribution is -2.31. The number of anilines is 2. The van der Waals surface area contributed by atoms with Gasteiger partial charge in [0.05, 0.1) is 30.0 Å². The van der Waals surface area contributed by atoms with Gasteiger partial charge in [0, 0.05) is 21.8 Å². The number of nitrogens with one attached hydrogen (secondary N) is 2. The van der Waals surface area contributed by atoms with Crippen LogP contribution in [0.5, 0.6) is 11.5 Å². The number of allylic oxidation sites excluding steroid dienone is 1. The van der Waals surface area contributed by atoms with Crippen LogP contribution in [0.3, 0.4) is 0 Å². The third-order valence-corrected chi connectivity index (χ3v) is 6.69. The predicted molar refractivity (Wildman–Crippen MR) is 149 cm³/mol. The van der Waals surface area contributed by atoms with Crippen LogP contribution in [0, 0.1) is 0 Å². The van der Waals surface area contributed by atoms with E-state index in [9.17, 15) is 4.79 Å². The molecular formula is C28H25Cl2N5O3. The van der Waals surface area contributed by atoms with E-state index in [4.69, 9.17) is 42.8 Å². The molecule has 8 nitrogen and oxygen atoms in total. The van der Waals surface area contributed by atoms with Crippen LogP contribution in [0.1, 0.15) is 25.5 Å². The van der Waals surface area contributed by atoms with E-state index >= 15 is 0 Å². The van der Waals surface area contributed by atoms with E-state index in [-0.39, 0.29) is 5.91 Å². The molecule has 38 heavy (non-hydrogen) atoms. The molecule has 0 saturated heterocycles. The average molecular weight is 550 g/mol. The number of benzene rings is 3. The van der Waals surface area contributed by atoms with Gasteiger partial charge in [0.25, 0.3) is 5.91 Å². The van der Waals surface area contributed by atoms with E-state index in [0.29, 0.717) is 62.4 Å². The first-order valence-corrected chi connectivity index (χ1v) is 12.7. The van der Waals surface area contributed by atoms with Crippen molar-refractivity contribution in [3.05, 3.63) is 93.6 Å². The van der Waals surface area contributed by atoms with Gasteiger partial charge in [0.15, 0.2) is 5.82 Å². The van der Waals surface area contributed by atoms with E-state index in [2.05, 4.69) is 10.6 Å². The molecule has 0 radical (unpaired) electrons. The second-order valence-electron chi connectivity index (χ2n) is 8.52. The summed E-state index contributed by atoms with van der Waals surface area (Å²) in [5.74, 6) is 1.74. The monoisotopic (exact) mass is 549 g/mol. The van der Waals surface area contributed by atoms with Crippen LogP contribution < -0.4 is 20.1 Å². The Morgan fingerprint density at radius 1 is 1.08 bits per heavy atom. The molecule has 0 spiro atoms. The molecule has 194 valence electrons. The highest BCUT2D eigenvalue weighted by molar-refractivity contribution is 6.36. The Morgan fingerprint density at radius 3 is 2.55 bits per heavy atom. The number of fused-ring (bicyclic) bond motifs is 1. The minimum absolute atomic E-state index is 0.317. The molecule has 1 unspecified atom stereocenters. The first-order chi connectivity index (χ1) is 18.4. The summed E-state index contributed by atoms with van der Waals surface area (Å²) in [6.45, 7) is 4.21. The number of halogens is 2. The molecule has 1 atom stereocenters. The number of rotatable bonds is 7. The Labute approximate surface area is 230 Å². The number of para-hydroxylation sites is 3. The van der Waals surface area contributed by atoms with Crippen molar-refractivity contribution in [3.8, 4) is 22.9 Å². The summed E-state index contributed by atoms with van der Waals surface area (Å²) in [4.78, 5) is 18.6. The maximum Gasteiger partial charge on any atom is 0.255 e. The summed E-state index contributed by atoms with van der Waals surface area (Å²) < 4.78 is 13.1. The first kappa shape index (κ1) is 25.6. The van der Waals surface area contributed by atoms with Crippen LogP contribution in [-0.2, 0) is 4.79 Å². The van der Waals surface area contributed by atoms with Crippen LogP contribution in [0.4, 0.5) is 11.6 Å². The number of carbonyl (C=O) groups is 1. The van der Waals surface area contributed by atoms with Crippen LogP contribution in [-0.4, -0.2) is 34.4 Å². The Balaban J connectivity index is 1.65. The Hall–Kier alpha value is -4.01. The predicted octanol–water partition coefficient (Wildman–Crippen LogP) is 6.59. The zero-order chi connectivity index (χ0) is 26.8. The summed E-state index contributed by atoms with van der Waals surface area (Å²) in [6, 6.07) is 19.3. The maximum atomic E-state index is 13.9. The molecule has 0 fully saturated rings. The molecule has 1 aliphatic heterocycles. The normalized spacial score (nSPS) is 14.5. The van der Waals surface area contributed by atoms with Gasteiger partial charge in [-0.25, -0.2) is 4.68 Å². The molecule has 4 aromatic rings. The molecule has 1 amide bonds. The quantitative estimate of drug-likeness (QED) is 0.270. The van der Waals surface area contributed by atoms with E-state index in [1.165, 1.54) is 0 Å². The van der Waals surface area contributed by atoms with Crippen molar-refractivity contribution in [3.63, 3.8) is 0 Å². The Kier molecular flexibility index (Phi) is 7.26. The number of hydrogen-bond donors (Lipinski definition) is 2. The molecule has 0 bridgehead atoms. The number of hydrogen-bond acceptors (Lipinski definition) is 6. The third kappa shape index (κ3) is 4.80.